The molecule has 0 amide bonds. The van der Waals surface area contributed by atoms with Crippen molar-refractivity contribution in [1.82, 2.24) is 0 Å². The number of benzene rings is 2. The number of carbonyl (C=O) groups excluding carboxylic acids is 1. The van der Waals surface area contributed by atoms with Gasteiger partial charge in [0.1, 0.15) is 0 Å². The van der Waals surface area contributed by atoms with Gasteiger partial charge in [-0.15, -0.1) is 0 Å². The molecule has 35 heavy (non-hydrogen) atoms. The molecule has 0 fully saturated rings. The summed E-state index contributed by atoms with van der Waals surface area (Å²) in [4.78, 5) is 23.0. The molecule has 0 N–H and O–H groups in total. The predicted molar refractivity (Wildman–Crippen MR) is 164 cm³/mol. The molecule has 7 heteroatoms. The highest BCUT2D eigenvalue weighted by Gasteiger charge is 2.09. The summed E-state index contributed by atoms with van der Waals surface area (Å²) in [5, 5.41) is 6.93. The molecule has 0 aromatic heterocycles. The molecule has 190 valence electrons. The van der Waals surface area contributed by atoms with Crippen LogP contribution in [0.5, 0.6) is 0 Å². The quantitative estimate of drug-likeness (QED) is 0.203. The Bertz CT molecular complexity index is 995. The third-order valence-corrected chi connectivity index (χ3v) is 4.42. The lowest BCUT2D eigenvalue weighted by atomic mass is 10.0. The Kier molecular flexibility index (Phi) is 23.3. The van der Waals surface area contributed by atoms with Crippen LogP contribution in [0.4, 0.5) is 11.4 Å². The van der Waals surface area contributed by atoms with Crippen LogP contribution in [-0.2, 0) is 0 Å². The minimum absolute atomic E-state index is 0. The lowest BCUT2D eigenvalue weighted by Crippen LogP contribution is -2.06. The third-order valence-electron chi connectivity index (χ3n) is 4.11. The first-order valence-corrected chi connectivity index (χ1v) is 11.8. The number of isothiocyanates is 3. The van der Waals surface area contributed by atoms with E-state index in [9.17, 15) is 4.79 Å². The molecule has 0 saturated heterocycles. The van der Waals surface area contributed by atoms with Crippen LogP contribution in [0.15, 0.2) is 63.5 Å². The van der Waals surface area contributed by atoms with Crippen LogP contribution in [0.3, 0.4) is 0 Å². The normalized spacial score (nSPS) is 8.83. The fourth-order valence-corrected chi connectivity index (χ4v) is 2.58. The molecule has 2 rings (SSSR count). The van der Waals surface area contributed by atoms with Crippen molar-refractivity contribution in [2.75, 3.05) is 6.54 Å². The van der Waals surface area contributed by atoms with Gasteiger partial charge < -0.3 is 0 Å². The maximum absolute atomic E-state index is 11.5. The van der Waals surface area contributed by atoms with Crippen molar-refractivity contribution in [2.24, 2.45) is 26.8 Å². The van der Waals surface area contributed by atoms with Gasteiger partial charge in [0, 0.05) is 11.5 Å². The summed E-state index contributed by atoms with van der Waals surface area (Å²) >= 11 is 13.3. The summed E-state index contributed by atoms with van der Waals surface area (Å²) in [6, 6.07) is 15.1. The number of rotatable bonds is 7. The summed E-state index contributed by atoms with van der Waals surface area (Å²) in [5.74, 6) is 1.34. The first-order chi connectivity index (χ1) is 15.7. The van der Waals surface area contributed by atoms with Crippen LogP contribution < -0.4 is 0 Å². The van der Waals surface area contributed by atoms with E-state index < -0.39 is 0 Å². The summed E-state index contributed by atoms with van der Waals surface area (Å²) in [6.07, 6.45) is 0. The van der Waals surface area contributed by atoms with Gasteiger partial charge in [-0.3, -0.25) is 4.79 Å². The first-order valence-electron chi connectivity index (χ1n) is 10.6. The van der Waals surface area contributed by atoms with Gasteiger partial charge in [-0.1, -0.05) is 68.5 Å². The average molecular weight is 530 g/mol. The number of ketones is 1. The zero-order valence-electron chi connectivity index (χ0n) is 20.0. The average Bonchev–Trinajstić information content (AvgIpc) is 2.79. The number of carbonyl (C=O) groups is 1. The monoisotopic (exact) mass is 529 g/mol. The Labute approximate surface area is 228 Å². The van der Waals surface area contributed by atoms with Gasteiger partial charge in [-0.05, 0) is 90.5 Å². The second-order valence-electron chi connectivity index (χ2n) is 8.04. The van der Waals surface area contributed by atoms with E-state index in [4.69, 9.17) is 0 Å². The first kappa shape index (κ1) is 37.1. The van der Waals surface area contributed by atoms with Crippen LogP contribution in [-0.4, -0.2) is 27.8 Å². The van der Waals surface area contributed by atoms with Crippen LogP contribution in [0.25, 0.3) is 0 Å². The molecule has 0 heterocycles. The molecular weight excluding hydrogens is 491 g/mol. The largest absolute Gasteiger partial charge is 0.294 e. The molecular formula is C28H39N3OS3. The van der Waals surface area contributed by atoms with E-state index in [2.05, 4.69) is 107 Å². The van der Waals surface area contributed by atoms with Crippen molar-refractivity contribution in [1.29, 1.82) is 0 Å². The third kappa shape index (κ3) is 17.6. The Morgan fingerprint density at radius 3 is 1.46 bits per heavy atom. The predicted octanol–water partition coefficient (Wildman–Crippen LogP) is 9.82. The van der Waals surface area contributed by atoms with Gasteiger partial charge in [-0.25, -0.2) is 4.99 Å². The summed E-state index contributed by atoms with van der Waals surface area (Å²) in [6.45, 7) is 13.1. The van der Waals surface area contributed by atoms with Crippen molar-refractivity contribution in [2.45, 2.75) is 62.3 Å². The maximum atomic E-state index is 11.5. The van der Waals surface area contributed by atoms with Crippen molar-refractivity contribution in [3.05, 3.63) is 59.7 Å². The highest BCUT2D eigenvalue weighted by atomic mass is 32.1. The zero-order chi connectivity index (χ0) is 25.2. The zero-order valence-corrected chi connectivity index (χ0v) is 22.5. The molecule has 0 bridgehead atoms. The molecule has 0 aliphatic carbocycles. The van der Waals surface area contributed by atoms with Gasteiger partial charge in [0.25, 0.3) is 0 Å². The summed E-state index contributed by atoms with van der Waals surface area (Å²) < 4.78 is 0. The van der Waals surface area contributed by atoms with Crippen LogP contribution in [0.1, 0.15) is 78.2 Å². The SMILES string of the molecule is C.C.CC(C)C(=O)c1ccc(N=C=S)cc1.CC(C)CN=C=S.CC(C)c1ccc(N=C=S)cc1. The Morgan fingerprint density at radius 1 is 0.743 bits per heavy atom. The molecule has 0 radical (unpaired) electrons. The van der Waals surface area contributed by atoms with Crippen molar-refractivity contribution >= 4 is 69.3 Å². The Morgan fingerprint density at radius 2 is 1.17 bits per heavy atom. The molecule has 4 nitrogen and oxygen atoms in total. The molecule has 0 atom stereocenters. The second kappa shape index (κ2) is 22.0. The Hall–Kier alpha value is -2.49. The molecule has 0 unspecified atom stereocenters. The van der Waals surface area contributed by atoms with E-state index in [1.54, 1.807) is 24.3 Å². The molecule has 0 saturated carbocycles. The van der Waals surface area contributed by atoms with E-state index in [0.717, 1.165) is 17.9 Å². The highest BCUT2D eigenvalue weighted by Crippen LogP contribution is 2.18. The van der Waals surface area contributed by atoms with E-state index in [1.807, 2.05) is 26.0 Å². The number of thiocarbonyl (C=S) groups is 3. The minimum atomic E-state index is 0. The fraction of sp³-hybridized carbons (Fsp3) is 0.429. The molecule has 0 spiro atoms. The van der Waals surface area contributed by atoms with E-state index in [-0.39, 0.29) is 26.6 Å². The smallest absolute Gasteiger partial charge is 0.165 e. The number of hydrogen-bond acceptors (Lipinski definition) is 7. The molecule has 2 aromatic rings. The van der Waals surface area contributed by atoms with E-state index >= 15 is 0 Å². The van der Waals surface area contributed by atoms with Crippen LogP contribution in [0.2, 0.25) is 0 Å². The van der Waals surface area contributed by atoms with Gasteiger partial charge in [-0.2, -0.15) is 9.98 Å². The van der Waals surface area contributed by atoms with Gasteiger partial charge in [0.05, 0.1) is 33.4 Å². The standard InChI is InChI=1S/C11H11NOS.C10H11NS.C5H9NS.2CH4/c1-8(2)11(13)9-3-5-10(6-4-9)12-7-14;1-8(2)9-3-5-10(6-4-9)11-7-12;1-5(2)3-6-4-7;;/h3-6,8H,1-2H3;3-6,8H,1-2H3;5H,3H2,1-2H3;2*1H4. The second-order valence-corrected chi connectivity index (χ2v) is 8.59. The Balaban J connectivity index is -0.000000449. The van der Waals surface area contributed by atoms with Crippen molar-refractivity contribution in [3.63, 3.8) is 0 Å². The van der Waals surface area contributed by atoms with Crippen LogP contribution >= 0.6 is 36.7 Å². The number of hydrogen-bond donors (Lipinski definition) is 0. The highest BCUT2D eigenvalue weighted by molar-refractivity contribution is 7.78. The van der Waals surface area contributed by atoms with Crippen molar-refractivity contribution in [3.8, 4) is 0 Å². The lowest BCUT2D eigenvalue weighted by Gasteiger charge is -2.03. The summed E-state index contributed by atoms with van der Waals surface area (Å²) in [5.41, 5.74) is 3.62. The van der Waals surface area contributed by atoms with Crippen molar-refractivity contribution < 1.29 is 4.79 Å². The van der Waals surface area contributed by atoms with E-state index in [1.165, 1.54) is 5.56 Å². The van der Waals surface area contributed by atoms with E-state index in [0.29, 0.717) is 17.4 Å². The number of nitrogens with zero attached hydrogens (tertiary/aromatic N) is 3. The van der Waals surface area contributed by atoms with Gasteiger partial charge in [0.2, 0.25) is 0 Å². The molecule has 2 aromatic carbocycles. The minimum Gasteiger partial charge on any atom is -0.294 e. The summed E-state index contributed by atoms with van der Waals surface area (Å²) in [7, 11) is 0. The maximum Gasteiger partial charge on any atom is 0.165 e. The number of Topliss-reactive ketones (excluding diaryl/α,β-unsaturated/α-hetero) is 1. The lowest BCUT2D eigenvalue weighted by molar-refractivity contribution is 0.0939. The number of aliphatic imine (C=N–C) groups is 3. The molecule has 0 aliphatic heterocycles. The molecule has 0 aliphatic rings. The topological polar surface area (TPSA) is 54.1 Å². The van der Waals surface area contributed by atoms with Crippen LogP contribution in [0, 0.1) is 11.8 Å². The van der Waals surface area contributed by atoms with Gasteiger partial charge in [0.15, 0.2) is 5.78 Å². The fourth-order valence-electron chi connectivity index (χ4n) is 2.29. The van der Waals surface area contributed by atoms with Gasteiger partial charge >= 0.3 is 0 Å².